The van der Waals surface area contributed by atoms with Crippen LogP contribution in [0.2, 0.25) is 0 Å². The van der Waals surface area contributed by atoms with Crippen molar-refractivity contribution in [1.82, 2.24) is 9.97 Å². The molecular weight excluding hydrogens is 365 g/mol. The second kappa shape index (κ2) is 6.56. The van der Waals surface area contributed by atoms with Crippen molar-refractivity contribution in [2.75, 3.05) is 18.5 Å². The predicted octanol–water partition coefficient (Wildman–Crippen LogP) is 4.05. The van der Waals surface area contributed by atoms with Gasteiger partial charge in [-0.2, -0.15) is 0 Å². The third kappa shape index (κ3) is 3.61. The average Bonchev–Trinajstić information content (AvgIpc) is 3.21. The van der Waals surface area contributed by atoms with Crippen LogP contribution in [0.25, 0.3) is 0 Å². The summed E-state index contributed by atoms with van der Waals surface area (Å²) in [7, 11) is 0. The van der Waals surface area contributed by atoms with Crippen molar-refractivity contribution in [2.24, 2.45) is 0 Å². The fourth-order valence-corrected chi connectivity index (χ4v) is 3.02. The van der Waals surface area contributed by atoms with Crippen LogP contribution in [0.1, 0.15) is 64.4 Å². The second-order valence-corrected chi connectivity index (χ2v) is 6.82. The number of halogens is 1. The maximum absolute atomic E-state index is 5.81. The highest BCUT2D eigenvalue weighted by Gasteiger charge is 2.32. The molecule has 0 unspecified atom stereocenters. The summed E-state index contributed by atoms with van der Waals surface area (Å²) in [5.74, 6) is 2.37. The van der Waals surface area contributed by atoms with Gasteiger partial charge in [0.2, 0.25) is 0 Å². The summed E-state index contributed by atoms with van der Waals surface area (Å²) in [6.07, 6.45) is 3.58. The van der Waals surface area contributed by atoms with Gasteiger partial charge in [0, 0.05) is 19.1 Å². The summed E-state index contributed by atoms with van der Waals surface area (Å²) in [6.45, 7) is 9.85. The van der Waals surface area contributed by atoms with Crippen LogP contribution in [0, 0.1) is 3.57 Å². The molecule has 0 amide bonds. The molecule has 0 aliphatic heterocycles. The van der Waals surface area contributed by atoms with E-state index in [1.807, 2.05) is 20.8 Å². The Morgan fingerprint density at radius 1 is 1.30 bits per heavy atom. The van der Waals surface area contributed by atoms with Crippen molar-refractivity contribution in [2.45, 2.75) is 58.5 Å². The van der Waals surface area contributed by atoms with Crippen LogP contribution < -0.4 is 5.32 Å². The van der Waals surface area contributed by atoms with E-state index in [0.717, 1.165) is 24.6 Å². The van der Waals surface area contributed by atoms with Gasteiger partial charge in [-0.05, 0) is 62.6 Å². The van der Waals surface area contributed by atoms with E-state index in [1.165, 1.54) is 22.1 Å². The molecule has 1 saturated carbocycles. The Labute approximate surface area is 135 Å². The van der Waals surface area contributed by atoms with E-state index in [9.17, 15) is 0 Å². The van der Waals surface area contributed by atoms with E-state index >= 15 is 0 Å². The zero-order chi connectivity index (χ0) is 14.8. The number of hydrogen-bond donors (Lipinski definition) is 1. The highest BCUT2D eigenvalue weighted by molar-refractivity contribution is 14.1. The molecular formula is C15H24IN3O. The molecule has 1 aliphatic carbocycles. The molecule has 112 valence electrons. The Morgan fingerprint density at radius 2 is 2.00 bits per heavy atom. The minimum absolute atomic E-state index is 0.439. The van der Waals surface area contributed by atoms with Gasteiger partial charge in [-0.25, -0.2) is 9.97 Å². The maximum Gasteiger partial charge on any atom is 0.162 e. The van der Waals surface area contributed by atoms with Crippen LogP contribution in [0.15, 0.2) is 0 Å². The van der Waals surface area contributed by atoms with Gasteiger partial charge in [0.25, 0.3) is 0 Å². The highest BCUT2D eigenvalue weighted by Crippen LogP contribution is 2.43. The number of nitrogens with one attached hydrogen (secondary N) is 1. The molecule has 1 fully saturated rings. The topological polar surface area (TPSA) is 47.0 Å². The fourth-order valence-electron chi connectivity index (χ4n) is 2.15. The van der Waals surface area contributed by atoms with Gasteiger partial charge in [0.15, 0.2) is 5.82 Å². The van der Waals surface area contributed by atoms with Gasteiger partial charge in [-0.15, -0.1) is 0 Å². The molecule has 1 aliphatic rings. The minimum Gasteiger partial charge on any atom is -0.369 e. The summed E-state index contributed by atoms with van der Waals surface area (Å²) in [5.41, 5.74) is 0.757. The molecule has 0 spiro atoms. The number of rotatable bonds is 7. The Morgan fingerprint density at radius 3 is 2.55 bits per heavy atom. The van der Waals surface area contributed by atoms with Crippen LogP contribution >= 0.6 is 22.6 Å². The van der Waals surface area contributed by atoms with E-state index in [-0.39, 0.29) is 0 Å². The summed E-state index contributed by atoms with van der Waals surface area (Å²) < 4.78 is 6.99. The maximum atomic E-state index is 5.81. The van der Waals surface area contributed by atoms with E-state index < -0.39 is 5.60 Å². The zero-order valence-electron chi connectivity index (χ0n) is 12.8. The quantitative estimate of drug-likeness (QED) is 0.715. The molecule has 5 heteroatoms. The van der Waals surface area contributed by atoms with Crippen molar-refractivity contribution in [3.8, 4) is 0 Å². The predicted molar refractivity (Wildman–Crippen MR) is 90.2 cm³/mol. The monoisotopic (exact) mass is 389 g/mol. The number of ether oxygens (including phenoxy) is 1. The van der Waals surface area contributed by atoms with Gasteiger partial charge in [0.1, 0.15) is 11.4 Å². The smallest absolute Gasteiger partial charge is 0.162 e. The Kier molecular flexibility index (Phi) is 5.23. The van der Waals surface area contributed by atoms with Gasteiger partial charge >= 0.3 is 0 Å². The first kappa shape index (κ1) is 15.9. The van der Waals surface area contributed by atoms with E-state index in [1.54, 1.807) is 0 Å². The van der Waals surface area contributed by atoms with E-state index in [0.29, 0.717) is 12.5 Å². The third-order valence-corrected chi connectivity index (χ3v) is 4.49. The van der Waals surface area contributed by atoms with Crippen molar-refractivity contribution in [3.05, 3.63) is 15.1 Å². The largest absolute Gasteiger partial charge is 0.369 e. The van der Waals surface area contributed by atoms with Gasteiger partial charge in [0.05, 0.1) is 9.26 Å². The highest BCUT2D eigenvalue weighted by atomic mass is 127. The van der Waals surface area contributed by atoms with Crippen molar-refractivity contribution < 1.29 is 4.74 Å². The summed E-state index contributed by atoms with van der Waals surface area (Å²) in [4.78, 5) is 9.53. The first-order chi connectivity index (χ1) is 9.49. The van der Waals surface area contributed by atoms with Gasteiger partial charge in [-0.3, -0.25) is 0 Å². The Balaban J connectivity index is 2.38. The lowest BCUT2D eigenvalue weighted by atomic mass is 10.1. The molecule has 1 aromatic heterocycles. The molecule has 1 aromatic rings. The van der Waals surface area contributed by atoms with E-state index in [4.69, 9.17) is 14.7 Å². The zero-order valence-corrected chi connectivity index (χ0v) is 15.0. The third-order valence-electron chi connectivity index (χ3n) is 3.43. The second-order valence-electron chi connectivity index (χ2n) is 5.74. The lowest BCUT2D eigenvalue weighted by molar-refractivity contribution is -0.0209. The molecule has 1 N–H and O–H groups in total. The molecule has 0 saturated heterocycles. The molecule has 0 aromatic carbocycles. The van der Waals surface area contributed by atoms with Gasteiger partial charge in [-0.1, -0.05) is 6.92 Å². The van der Waals surface area contributed by atoms with Crippen molar-refractivity contribution in [3.63, 3.8) is 0 Å². The Hall–Kier alpha value is -0.430. The van der Waals surface area contributed by atoms with Gasteiger partial charge < -0.3 is 10.1 Å². The lowest BCUT2D eigenvalue weighted by Crippen LogP contribution is -2.26. The van der Waals surface area contributed by atoms with Crippen LogP contribution in [-0.2, 0) is 10.3 Å². The number of anilines is 1. The van der Waals surface area contributed by atoms with Crippen molar-refractivity contribution in [1.29, 1.82) is 0 Å². The van der Waals surface area contributed by atoms with Crippen LogP contribution in [0.4, 0.5) is 5.82 Å². The van der Waals surface area contributed by atoms with E-state index in [2.05, 4.69) is 34.8 Å². The molecule has 1 heterocycles. The van der Waals surface area contributed by atoms with Crippen molar-refractivity contribution >= 4 is 28.4 Å². The summed E-state index contributed by atoms with van der Waals surface area (Å²) in [5, 5.41) is 3.43. The Bertz CT molecular complexity index is 472. The number of nitrogens with zero attached hydrogens (tertiary/aromatic N) is 2. The number of aromatic nitrogens is 2. The molecule has 20 heavy (non-hydrogen) atoms. The molecule has 0 radical (unpaired) electrons. The first-order valence-electron chi connectivity index (χ1n) is 7.45. The van der Waals surface area contributed by atoms with Crippen LogP contribution in [-0.4, -0.2) is 23.1 Å². The molecule has 4 nitrogen and oxygen atoms in total. The summed E-state index contributed by atoms with van der Waals surface area (Å²) >= 11 is 2.37. The first-order valence-corrected chi connectivity index (χ1v) is 8.53. The van der Waals surface area contributed by atoms with Crippen LogP contribution in [0.5, 0.6) is 0 Å². The molecule has 0 atom stereocenters. The minimum atomic E-state index is -0.439. The average molecular weight is 389 g/mol. The summed E-state index contributed by atoms with van der Waals surface area (Å²) in [6, 6.07) is 0. The fraction of sp³-hybridized carbons (Fsp3) is 0.733. The molecule has 2 rings (SSSR count). The SMILES string of the molecule is CCCNc1nc(C(C)(C)OCC)nc(C2CC2)c1I. The standard InChI is InChI=1S/C15H24IN3O/c1-5-9-17-13-11(16)12(10-7-8-10)18-14(19-13)15(3,4)20-6-2/h10H,5-9H2,1-4H3,(H,17,18,19). The normalized spacial score (nSPS) is 15.4. The lowest BCUT2D eigenvalue weighted by Gasteiger charge is -2.25. The number of hydrogen-bond acceptors (Lipinski definition) is 4. The van der Waals surface area contributed by atoms with Crippen LogP contribution in [0.3, 0.4) is 0 Å². The molecule has 0 bridgehead atoms.